The highest BCUT2D eigenvalue weighted by molar-refractivity contribution is 4.48. The van der Waals surface area contributed by atoms with Crippen LogP contribution in [0.5, 0.6) is 0 Å². The fraction of sp³-hybridized carbons (Fsp3) is 1.00. The molecule has 0 bridgehead atoms. The highest BCUT2D eigenvalue weighted by atomic mass is 19.4. The molecule has 0 heterocycles. The number of alkyl halides is 3. The van der Waals surface area contributed by atoms with Gasteiger partial charge in [-0.05, 0) is 13.0 Å². The Morgan fingerprint density at radius 3 is 2.36 bits per heavy atom. The van der Waals surface area contributed by atoms with E-state index in [1.165, 1.54) is 6.42 Å². The normalized spacial score (nSPS) is 12.0. The minimum Gasteiger partial charge on any atom is -0.314 e. The van der Waals surface area contributed by atoms with Crippen LogP contribution >= 0.6 is 0 Å². The van der Waals surface area contributed by atoms with E-state index in [4.69, 9.17) is 0 Å². The highest BCUT2D eigenvalue weighted by Crippen LogP contribution is 2.14. The first-order chi connectivity index (χ1) is 6.56. The molecule has 0 aliphatic carbocycles. The molecule has 0 aromatic carbocycles. The Bertz CT molecular complexity index is 128. The third kappa shape index (κ3) is 11.7. The van der Waals surface area contributed by atoms with Gasteiger partial charge >= 0.3 is 6.36 Å². The lowest BCUT2D eigenvalue weighted by Gasteiger charge is -2.07. The number of hydrogen-bond acceptors (Lipinski definition) is 2. The summed E-state index contributed by atoms with van der Waals surface area (Å²) in [7, 11) is 0. The Balaban J connectivity index is 2.99. The van der Waals surface area contributed by atoms with E-state index in [-0.39, 0.29) is 13.2 Å². The molecule has 0 atom stereocenters. The Morgan fingerprint density at radius 1 is 1.07 bits per heavy atom. The summed E-state index contributed by atoms with van der Waals surface area (Å²) in [4.78, 5) is 0. The predicted molar refractivity (Wildman–Crippen MR) is 49.0 cm³/mol. The second-order valence-corrected chi connectivity index (χ2v) is 3.10. The molecule has 0 aromatic heterocycles. The minimum absolute atomic E-state index is 0.256. The van der Waals surface area contributed by atoms with Gasteiger partial charge in [-0.25, -0.2) is 0 Å². The zero-order valence-corrected chi connectivity index (χ0v) is 8.49. The van der Waals surface area contributed by atoms with Crippen LogP contribution in [0.4, 0.5) is 13.2 Å². The second-order valence-electron chi connectivity index (χ2n) is 3.10. The molecule has 0 spiro atoms. The van der Waals surface area contributed by atoms with Gasteiger partial charge in [-0.3, -0.25) is 4.74 Å². The summed E-state index contributed by atoms with van der Waals surface area (Å²) < 4.78 is 38.0. The third-order valence-corrected chi connectivity index (χ3v) is 1.75. The van der Waals surface area contributed by atoms with Crippen molar-refractivity contribution in [2.75, 3.05) is 19.7 Å². The number of rotatable bonds is 8. The molecular formula is C9H18F3NO. The summed E-state index contributed by atoms with van der Waals surface area (Å²) in [5.74, 6) is 0. The second kappa shape index (κ2) is 8.05. The molecule has 0 unspecified atom stereocenters. The van der Waals surface area contributed by atoms with E-state index in [0.29, 0.717) is 0 Å². The van der Waals surface area contributed by atoms with Crippen molar-refractivity contribution in [1.82, 2.24) is 5.32 Å². The zero-order valence-electron chi connectivity index (χ0n) is 8.49. The topological polar surface area (TPSA) is 21.3 Å². The lowest BCUT2D eigenvalue weighted by molar-refractivity contribution is -0.323. The van der Waals surface area contributed by atoms with Crippen molar-refractivity contribution in [3.05, 3.63) is 0 Å². The number of halogens is 3. The molecule has 0 amide bonds. The van der Waals surface area contributed by atoms with Gasteiger partial charge in [0.15, 0.2) is 0 Å². The van der Waals surface area contributed by atoms with Gasteiger partial charge in [-0.2, -0.15) is 0 Å². The third-order valence-electron chi connectivity index (χ3n) is 1.75. The molecule has 0 aliphatic heterocycles. The largest absolute Gasteiger partial charge is 0.522 e. The standard InChI is InChI=1S/C9H18F3NO/c1-2-3-4-5-6-13-7-8-14-9(10,11)12/h13H,2-8H2,1H3. The summed E-state index contributed by atoms with van der Waals surface area (Å²) in [5.41, 5.74) is 0. The van der Waals surface area contributed by atoms with Crippen LogP contribution in [-0.4, -0.2) is 26.1 Å². The van der Waals surface area contributed by atoms with Gasteiger partial charge in [-0.1, -0.05) is 26.2 Å². The SMILES string of the molecule is CCCCCCNCCOC(F)(F)F. The fourth-order valence-electron chi connectivity index (χ4n) is 1.04. The van der Waals surface area contributed by atoms with Gasteiger partial charge in [0.05, 0.1) is 6.61 Å². The molecular weight excluding hydrogens is 195 g/mol. The number of unbranched alkanes of at least 4 members (excludes halogenated alkanes) is 3. The van der Waals surface area contributed by atoms with Crippen LogP contribution in [0.25, 0.3) is 0 Å². The molecule has 14 heavy (non-hydrogen) atoms. The maximum Gasteiger partial charge on any atom is 0.522 e. The van der Waals surface area contributed by atoms with E-state index in [1.807, 2.05) is 0 Å². The molecule has 0 aliphatic rings. The van der Waals surface area contributed by atoms with Crippen molar-refractivity contribution in [3.63, 3.8) is 0 Å². The first kappa shape index (κ1) is 13.7. The van der Waals surface area contributed by atoms with Gasteiger partial charge < -0.3 is 5.32 Å². The van der Waals surface area contributed by atoms with Crippen molar-refractivity contribution < 1.29 is 17.9 Å². The predicted octanol–water partition coefficient (Wildman–Crippen LogP) is 2.69. The Morgan fingerprint density at radius 2 is 1.79 bits per heavy atom. The summed E-state index contributed by atoms with van der Waals surface area (Å²) >= 11 is 0. The van der Waals surface area contributed by atoms with E-state index >= 15 is 0 Å². The first-order valence-electron chi connectivity index (χ1n) is 4.97. The van der Waals surface area contributed by atoms with Crippen LogP contribution in [0.2, 0.25) is 0 Å². The quantitative estimate of drug-likeness (QED) is 0.626. The molecule has 0 saturated heterocycles. The summed E-state index contributed by atoms with van der Waals surface area (Å²) in [5, 5.41) is 2.89. The van der Waals surface area contributed by atoms with E-state index in [9.17, 15) is 13.2 Å². The van der Waals surface area contributed by atoms with Crippen LogP contribution in [-0.2, 0) is 4.74 Å². The highest BCUT2D eigenvalue weighted by Gasteiger charge is 2.28. The van der Waals surface area contributed by atoms with E-state index in [2.05, 4.69) is 17.0 Å². The molecule has 1 N–H and O–H groups in total. The fourth-order valence-corrected chi connectivity index (χ4v) is 1.04. The summed E-state index contributed by atoms with van der Waals surface area (Å²) in [6, 6.07) is 0. The lowest BCUT2D eigenvalue weighted by Crippen LogP contribution is -2.24. The Kier molecular flexibility index (Phi) is 7.89. The Labute approximate surface area is 82.8 Å². The van der Waals surface area contributed by atoms with Crippen LogP contribution in [0, 0.1) is 0 Å². The summed E-state index contributed by atoms with van der Waals surface area (Å²) in [6.07, 6.45) is -0.00864. The number of ether oxygens (including phenoxy) is 1. The van der Waals surface area contributed by atoms with Crippen LogP contribution in [0.15, 0.2) is 0 Å². The van der Waals surface area contributed by atoms with Gasteiger partial charge in [0.1, 0.15) is 0 Å². The van der Waals surface area contributed by atoms with Crippen LogP contribution in [0.1, 0.15) is 32.6 Å². The van der Waals surface area contributed by atoms with Crippen LogP contribution in [0.3, 0.4) is 0 Å². The molecule has 0 rings (SSSR count). The first-order valence-corrected chi connectivity index (χ1v) is 4.97. The smallest absolute Gasteiger partial charge is 0.314 e. The van der Waals surface area contributed by atoms with E-state index in [0.717, 1.165) is 25.8 Å². The monoisotopic (exact) mass is 213 g/mol. The molecule has 2 nitrogen and oxygen atoms in total. The minimum atomic E-state index is -4.50. The number of hydrogen-bond donors (Lipinski definition) is 1. The molecule has 0 aromatic rings. The van der Waals surface area contributed by atoms with Crippen molar-refractivity contribution >= 4 is 0 Å². The van der Waals surface area contributed by atoms with Crippen molar-refractivity contribution in [1.29, 1.82) is 0 Å². The zero-order chi connectivity index (χ0) is 10.9. The maximum atomic E-state index is 11.5. The average molecular weight is 213 g/mol. The molecule has 5 heteroatoms. The molecule has 86 valence electrons. The summed E-state index contributed by atoms with van der Waals surface area (Å²) in [6.45, 7) is 2.83. The van der Waals surface area contributed by atoms with Gasteiger partial charge in [0.2, 0.25) is 0 Å². The van der Waals surface area contributed by atoms with Crippen molar-refractivity contribution in [2.24, 2.45) is 0 Å². The molecule has 0 fully saturated rings. The van der Waals surface area contributed by atoms with Crippen molar-refractivity contribution in [2.45, 2.75) is 39.0 Å². The van der Waals surface area contributed by atoms with E-state index in [1.54, 1.807) is 0 Å². The Hall–Kier alpha value is -0.290. The molecule has 0 saturated carbocycles. The number of nitrogens with one attached hydrogen (secondary N) is 1. The van der Waals surface area contributed by atoms with Gasteiger partial charge in [0, 0.05) is 6.54 Å². The average Bonchev–Trinajstić information content (AvgIpc) is 2.08. The van der Waals surface area contributed by atoms with Gasteiger partial charge in [0.25, 0.3) is 0 Å². The molecule has 0 radical (unpaired) electrons. The van der Waals surface area contributed by atoms with Gasteiger partial charge in [-0.15, -0.1) is 13.2 Å². The van der Waals surface area contributed by atoms with Crippen molar-refractivity contribution in [3.8, 4) is 0 Å². The lowest BCUT2D eigenvalue weighted by atomic mass is 10.2. The van der Waals surface area contributed by atoms with Crippen LogP contribution < -0.4 is 5.32 Å². The van der Waals surface area contributed by atoms with E-state index < -0.39 is 6.36 Å². The maximum absolute atomic E-state index is 11.5.